The molecule has 1 heterocycles. The number of hydrazone groups is 1. The fourth-order valence-electron chi connectivity index (χ4n) is 4.14. The van der Waals surface area contributed by atoms with E-state index in [0.29, 0.717) is 35.9 Å². The molecule has 11 nitrogen and oxygen atoms in total. The van der Waals surface area contributed by atoms with Crippen molar-refractivity contribution in [2.24, 2.45) is 5.10 Å². The van der Waals surface area contributed by atoms with Gasteiger partial charge in [0.15, 0.2) is 6.61 Å². The van der Waals surface area contributed by atoms with Crippen LogP contribution >= 0.6 is 0 Å². The lowest BCUT2D eigenvalue weighted by atomic mass is 10.2. The van der Waals surface area contributed by atoms with E-state index in [9.17, 15) is 18.0 Å². The molecule has 0 aromatic heterocycles. The van der Waals surface area contributed by atoms with Crippen molar-refractivity contribution in [1.29, 1.82) is 0 Å². The number of nitrogens with one attached hydrogen (secondary N) is 2. The van der Waals surface area contributed by atoms with E-state index in [-0.39, 0.29) is 23.5 Å². The number of benzene rings is 3. The summed E-state index contributed by atoms with van der Waals surface area (Å²) in [5.74, 6) is 0.193. The van der Waals surface area contributed by atoms with Gasteiger partial charge in [0.05, 0.1) is 29.5 Å². The van der Waals surface area contributed by atoms with Gasteiger partial charge in [-0.25, -0.2) is 13.8 Å². The number of amides is 2. The standard InChI is InChI=1S/C30H34N4O7S/c1-2-39-25-14-16-28(17-15-25)42(37,38)34(24-7-4-3-5-8-24)21-29(35)33-32-19-23-10-12-26(13-11-23)41-22-30(36)31-20-27-9-6-18-40-27/h3-5,7-8,10-17,19,27H,2,6,9,18,20-22H2,1H3,(H,31,36)(H,33,35)/b32-19-/t27-/m0/s1. The van der Waals surface area contributed by atoms with Crippen molar-refractivity contribution in [3.8, 4) is 11.5 Å². The lowest BCUT2D eigenvalue weighted by Crippen LogP contribution is -2.39. The van der Waals surface area contributed by atoms with E-state index in [0.717, 1.165) is 23.8 Å². The molecular weight excluding hydrogens is 560 g/mol. The van der Waals surface area contributed by atoms with E-state index in [1.807, 2.05) is 6.92 Å². The predicted octanol–water partition coefficient (Wildman–Crippen LogP) is 3.10. The molecule has 0 aliphatic carbocycles. The summed E-state index contributed by atoms with van der Waals surface area (Å²) in [6, 6.07) is 21.2. The van der Waals surface area contributed by atoms with Crippen LogP contribution in [0.1, 0.15) is 25.3 Å². The van der Waals surface area contributed by atoms with Gasteiger partial charge in [-0.05, 0) is 86.0 Å². The van der Waals surface area contributed by atoms with Gasteiger partial charge in [0.1, 0.15) is 18.0 Å². The van der Waals surface area contributed by atoms with Crippen LogP contribution in [0, 0.1) is 0 Å². The number of anilines is 1. The first-order chi connectivity index (χ1) is 20.3. The summed E-state index contributed by atoms with van der Waals surface area (Å²) < 4.78 is 44.4. The zero-order valence-electron chi connectivity index (χ0n) is 23.3. The van der Waals surface area contributed by atoms with Crippen LogP contribution in [0.5, 0.6) is 11.5 Å². The lowest BCUT2D eigenvalue weighted by Gasteiger charge is -2.23. The minimum atomic E-state index is -4.07. The van der Waals surface area contributed by atoms with Gasteiger partial charge in [-0.3, -0.25) is 13.9 Å². The zero-order chi connectivity index (χ0) is 29.8. The van der Waals surface area contributed by atoms with Crippen molar-refractivity contribution < 1.29 is 32.2 Å². The second-order valence-electron chi connectivity index (χ2n) is 9.34. The van der Waals surface area contributed by atoms with Crippen LogP contribution in [0.25, 0.3) is 0 Å². The molecule has 0 spiro atoms. The summed E-state index contributed by atoms with van der Waals surface area (Å²) in [6.45, 7) is 2.89. The maximum absolute atomic E-state index is 13.5. The number of para-hydroxylation sites is 1. The van der Waals surface area contributed by atoms with E-state index in [2.05, 4.69) is 15.8 Å². The summed E-state index contributed by atoms with van der Waals surface area (Å²) in [5, 5.41) is 6.76. The van der Waals surface area contributed by atoms with Gasteiger partial charge in [0, 0.05) is 13.2 Å². The fraction of sp³-hybridized carbons (Fsp3) is 0.300. The van der Waals surface area contributed by atoms with E-state index in [1.54, 1.807) is 66.7 Å². The van der Waals surface area contributed by atoms with Crippen LogP contribution in [0.4, 0.5) is 5.69 Å². The summed E-state index contributed by atoms with van der Waals surface area (Å²) >= 11 is 0. The van der Waals surface area contributed by atoms with Crippen LogP contribution in [-0.2, 0) is 24.3 Å². The third-order valence-electron chi connectivity index (χ3n) is 6.26. The second kappa shape index (κ2) is 15.0. The summed E-state index contributed by atoms with van der Waals surface area (Å²) in [6.07, 6.45) is 3.44. The first kappa shape index (κ1) is 30.5. The Kier molecular flexibility index (Phi) is 10.9. The van der Waals surface area contributed by atoms with Gasteiger partial charge in [0.25, 0.3) is 21.8 Å². The van der Waals surface area contributed by atoms with Crippen molar-refractivity contribution in [3.63, 3.8) is 0 Å². The average Bonchev–Trinajstić information content (AvgIpc) is 3.53. The molecule has 222 valence electrons. The van der Waals surface area contributed by atoms with Crippen LogP contribution in [0.3, 0.4) is 0 Å². The molecule has 2 N–H and O–H groups in total. The van der Waals surface area contributed by atoms with Crippen LogP contribution in [-0.4, -0.2) is 65.5 Å². The smallest absolute Gasteiger partial charge is 0.264 e. The van der Waals surface area contributed by atoms with Crippen molar-refractivity contribution in [2.45, 2.75) is 30.8 Å². The van der Waals surface area contributed by atoms with E-state index >= 15 is 0 Å². The molecule has 3 aromatic rings. The average molecular weight is 595 g/mol. The van der Waals surface area contributed by atoms with Crippen molar-refractivity contribution in [2.75, 3.05) is 37.2 Å². The quantitative estimate of drug-likeness (QED) is 0.216. The van der Waals surface area contributed by atoms with E-state index in [1.165, 1.54) is 18.3 Å². The molecule has 0 bridgehead atoms. The summed E-state index contributed by atoms with van der Waals surface area (Å²) in [7, 11) is -4.07. The Bertz CT molecular complexity index is 1440. The molecule has 1 saturated heterocycles. The Hall–Kier alpha value is -4.42. The van der Waals surface area contributed by atoms with E-state index < -0.39 is 22.5 Å². The van der Waals surface area contributed by atoms with Gasteiger partial charge < -0.3 is 19.5 Å². The molecule has 0 unspecified atom stereocenters. The molecule has 1 aliphatic rings. The molecule has 0 radical (unpaired) electrons. The Morgan fingerprint density at radius 2 is 1.67 bits per heavy atom. The van der Waals surface area contributed by atoms with E-state index in [4.69, 9.17) is 14.2 Å². The molecule has 4 rings (SSSR count). The van der Waals surface area contributed by atoms with Gasteiger partial charge in [-0.15, -0.1) is 0 Å². The number of carbonyl (C=O) groups is 2. The first-order valence-electron chi connectivity index (χ1n) is 13.6. The SMILES string of the molecule is CCOc1ccc(S(=O)(=O)N(CC(=O)N/N=C\c2ccc(OCC(=O)NC[C@@H]3CCCO3)cc2)c2ccccc2)cc1. The molecular formula is C30H34N4O7S. The second-order valence-corrected chi connectivity index (χ2v) is 11.2. The van der Waals surface area contributed by atoms with Gasteiger partial charge in [0.2, 0.25) is 0 Å². The van der Waals surface area contributed by atoms with Crippen LogP contribution in [0.15, 0.2) is 88.9 Å². The highest BCUT2D eigenvalue weighted by Gasteiger charge is 2.27. The minimum Gasteiger partial charge on any atom is -0.494 e. The number of nitrogens with zero attached hydrogens (tertiary/aromatic N) is 2. The van der Waals surface area contributed by atoms with Crippen LogP contribution in [0.2, 0.25) is 0 Å². The Morgan fingerprint density at radius 3 is 2.33 bits per heavy atom. The Labute approximate surface area is 245 Å². The number of rotatable bonds is 14. The fourth-order valence-corrected chi connectivity index (χ4v) is 5.56. The molecule has 42 heavy (non-hydrogen) atoms. The third-order valence-corrected chi connectivity index (χ3v) is 8.05. The monoisotopic (exact) mass is 594 g/mol. The lowest BCUT2D eigenvalue weighted by molar-refractivity contribution is -0.123. The molecule has 0 saturated carbocycles. The molecule has 1 fully saturated rings. The van der Waals surface area contributed by atoms with Crippen molar-refractivity contribution in [3.05, 3.63) is 84.4 Å². The number of sulfonamides is 1. The highest BCUT2D eigenvalue weighted by atomic mass is 32.2. The molecule has 1 atom stereocenters. The maximum Gasteiger partial charge on any atom is 0.264 e. The van der Waals surface area contributed by atoms with Crippen molar-refractivity contribution in [1.82, 2.24) is 10.7 Å². The Balaban J connectivity index is 1.31. The van der Waals surface area contributed by atoms with Crippen molar-refractivity contribution >= 4 is 33.7 Å². The van der Waals surface area contributed by atoms with Crippen LogP contribution < -0.4 is 24.5 Å². The largest absolute Gasteiger partial charge is 0.494 e. The number of hydrogen-bond donors (Lipinski definition) is 2. The van der Waals surface area contributed by atoms with Gasteiger partial charge in [-0.2, -0.15) is 5.10 Å². The normalized spacial score (nSPS) is 14.8. The first-order valence-corrected chi connectivity index (χ1v) is 15.0. The highest BCUT2D eigenvalue weighted by Crippen LogP contribution is 2.25. The number of ether oxygens (including phenoxy) is 3. The third kappa shape index (κ3) is 8.79. The summed E-state index contributed by atoms with van der Waals surface area (Å²) in [4.78, 5) is 24.8. The summed E-state index contributed by atoms with van der Waals surface area (Å²) in [5.41, 5.74) is 3.38. The topological polar surface area (TPSA) is 136 Å². The maximum atomic E-state index is 13.5. The predicted molar refractivity (Wildman–Crippen MR) is 158 cm³/mol. The van der Waals surface area contributed by atoms with Gasteiger partial charge >= 0.3 is 0 Å². The Morgan fingerprint density at radius 1 is 0.976 bits per heavy atom. The minimum absolute atomic E-state index is 0.0220. The number of hydrogen-bond acceptors (Lipinski definition) is 8. The molecule has 1 aliphatic heterocycles. The van der Waals surface area contributed by atoms with Gasteiger partial charge in [-0.1, -0.05) is 18.2 Å². The molecule has 2 amide bonds. The number of carbonyl (C=O) groups excluding carboxylic acids is 2. The molecule has 3 aromatic carbocycles. The molecule has 12 heteroatoms. The zero-order valence-corrected chi connectivity index (χ0v) is 24.1. The highest BCUT2D eigenvalue weighted by molar-refractivity contribution is 7.92.